The predicted molar refractivity (Wildman–Crippen MR) is 85.4 cm³/mol. The highest BCUT2D eigenvalue weighted by Crippen LogP contribution is 2.41. The standard InChI is InChI=1S/C18H27N3/c1-18(2,3)16-8-7-15(11-19)17(10-16)21(4)13-14-6-5-9-20-12-14/h5-6,9,12,15-17H,7-8,10,13H2,1-4H3. The molecule has 1 aliphatic carbocycles. The number of aromatic nitrogens is 1. The molecule has 0 aliphatic heterocycles. The van der Waals surface area contributed by atoms with Crippen LogP contribution in [0, 0.1) is 28.6 Å². The molecule has 3 atom stereocenters. The molecule has 0 radical (unpaired) electrons. The van der Waals surface area contributed by atoms with Crippen LogP contribution in [0.3, 0.4) is 0 Å². The summed E-state index contributed by atoms with van der Waals surface area (Å²) >= 11 is 0. The van der Waals surface area contributed by atoms with E-state index in [-0.39, 0.29) is 5.92 Å². The van der Waals surface area contributed by atoms with Gasteiger partial charge in [0.1, 0.15) is 0 Å². The van der Waals surface area contributed by atoms with Gasteiger partial charge in [-0.3, -0.25) is 9.88 Å². The molecule has 1 aromatic heterocycles. The van der Waals surface area contributed by atoms with Crippen molar-refractivity contribution in [2.45, 2.75) is 52.6 Å². The highest BCUT2D eigenvalue weighted by molar-refractivity contribution is 5.09. The third-order valence-electron chi connectivity index (χ3n) is 4.93. The monoisotopic (exact) mass is 285 g/mol. The van der Waals surface area contributed by atoms with Crippen LogP contribution in [-0.2, 0) is 6.54 Å². The quantitative estimate of drug-likeness (QED) is 0.846. The third kappa shape index (κ3) is 4.04. The Labute approximate surface area is 129 Å². The Morgan fingerprint density at radius 3 is 2.71 bits per heavy atom. The average molecular weight is 285 g/mol. The number of nitrogens with zero attached hydrogens (tertiary/aromatic N) is 3. The van der Waals surface area contributed by atoms with Gasteiger partial charge in [-0.15, -0.1) is 0 Å². The van der Waals surface area contributed by atoms with Gasteiger partial charge in [0.15, 0.2) is 0 Å². The zero-order valence-electron chi connectivity index (χ0n) is 13.7. The normalized spacial score (nSPS) is 26.6. The molecule has 0 aromatic carbocycles. The van der Waals surface area contributed by atoms with Crippen LogP contribution in [0.25, 0.3) is 0 Å². The van der Waals surface area contributed by atoms with Gasteiger partial charge in [0.05, 0.1) is 12.0 Å². The van der Waals surface area contributed by atoms with Crippen LogP contribution < -0.4 is 0 Å². The van der Waals surface area contributed by atoms with Crippen LogP contribution in [-0.4, -0.2) is 23.0 Å². The van der Waals surface area contributed by atoms with E-state index in [1.807, 2.05) is 12.3 Å². The number of rotatable bonds is 3. The molecule has 0 spiro atoms. The smallest absolute Gasteiger partial charge is 0.0672 e. The Balaban J connectivity index is 2.08. The third-order valence-corrected chi connectivity index (χ3v) is 4.93. The summed E-state index contributed by atoms with van der Waals surface area (Å²) < 4.78 is 0. The molecule has 1 aromatic rings. The molecule has 1 aliphatic rings. The van der Waals surface area contributed by atoms with E-state index in [0.29, 0.717) is 17.4 Å². The van der Waals surface area contributed by atoms with Crippen LogP contribution in [0.2, 0.25) is 0 Å². The Bertz CT molecular complexity index is 483. The van der Waals surface area contributed by atoms with Crippen LogP contribution in [0.4, 0.5) is 0 Å². The summed E-state index contributed by atoms with van der Waals surface area (Å²) in [7, 11) is 2.15. The predicted octanol–water partition coefficient (Wildman–Crippen LogP) is 3.87. The van der Waals surface area contributed by atoms with Crippen molar-refractivity contribution in [1.29, 1.82) is 5.26 Å². The summed E-state index contributed by atoms with van der Waals surface area (Å²) in [5.74, 6) is 0.855. The van der Waals surface area contributed by atoms with Crippen LogP contribution in [0.1, 0.15) is 45.6 Å². The second kappa shape index (κ2) is 6.58. The lowest BCUT2D eigenvalue weighted by molar-refractivity contribution is 0.0713. The minimum atomic E-state index is 0.158. The van der Waals surface area contributed by atoms with Gasteiger partial charge in [-0.05, 0) is 49.3 Å². The van der Waals surface area contributed by atoms with Crippen LogP contribution in [0.5, 0.6) is 0 Å². The van der Waals surface area contributed by atoms with E-state index in [4.69, 9.17) is 0 Å². The van der Waals surface area contributed by atoms with Gasteiger partial charge >= 0.3 is 0 Å². The van der Waals surface area contributed by atoms with Gasteiger partial charge in [-0.1, -0.05) is 26.8 Å². The summed E-state index contributed by atoms with van der Waals surface area (Å²) in [5, 5.41) is 9.48. The molecule has 1 fully saturated rings. The second-order valence-corrected chi connectivity index (χ2v) is 7.46. The maximum Gasteiger partial charge on any atom is 0.0672 e. The van der Waals surface area contributed by atoms with Crippen molar-refractivity contribution in [3.8, 4) is 6.07 Å². The summed E-state index contributed by atoms with van der Waals surface area (Å²) in [4.78, 5) is 6.53. The highest BCUT2D eigenvalue weighted by Gasteiger charge is 2.37. The Kier molecular flexibility index (Phi) is 5.00. The lowest BCUT2D eigenvalue weighted by atomic mass is 9.68. The van der Waals surface area contributed by atoms with E-state index in [2.05, 4.69) is 49.8 Å². The minimum Gasteiger partial charge on any atom is -0.298 e. The number of pyridine rings is 1. The van der Waals surface area contributed by atoms with Crippen molar-refractivity contribution in [2.75, 3.05) is 7.05 Å². The topological polar surface area (TPSA) is 39.9 Å². The van der Waals surface area contributed by atoms with Gasteiger partial charge in [-0.25, -0.2) is 0 Å². The molecule has 3 heteroatoms. The maximum absolute atomic E-state index is 9.48. The molecule has 21 heavy (non-hydrogen) atoms. The van der Waals surface area contributed by atoms with Gasteiger partial charge in [0.2, 0.25) is 0 Å². The molecule has 0 N–H and O–H groups in total. The Hall–Kier alpha value is -1.40. The molecular weight excluding hydrogens is 258 g/mol. The summed E-state index contributed by atoms with van der Waals surface area (Å²) in [6, 6.07) is 6.97. The largest absolute Gasteiger partial charge is 0.298 e. The molecule has 0 saturated heterocycles. The molecule has 114 valence electrons. The summed E-state index contributed by atoms with van der Waals surface area (Å²) in [5.41, 5.74) is 1.54. The van der Waals surface area contributed by atoms with E-state index < -0.39 is 0 Å². The minimum absolute atomic E-state index is 0.158. The SMILES string of the molecule is CN(Cc1cccnc1)C1CC(C(C)(C)C)CCC1C#N. The fourth-order valence-electron chi connectivity index (χ4n) is 3.47. The molecule has 0 bridgehead atoms. The molecule has 0 amide bonds. The maximum atomic E-state index is 9.48. The Morgan fingerprint density at radius 2 is 2.14 bits per heavy atom. The van der Waals surface area contributed by atoms with Crippen LogP contribution in [0.15, 0.2) is 24.5 Å². The fourth-order valence-corrected chi connectivity index (χ4v) is 3.47. The summed E-state index contributed by atoms with van der Waals surface area (Å²) in [6.45, 7) is 7.83. The first kappa shape index (κ1) is 16.0. The Morgan fingerprint density at radius 1 is 1.38 bits per heavy atom. The van der Waals surface area contributed by atoms with Gasteiger partial charge in [-0.2, -0.15) is 5.26 Å². The van der Waals surface area contributed by atoms with Gasteiger partial charge in [0.25, 0.3) is 0 Å². The van der Waals surface area contributed by atoms with E-state index in [9.17, 15) is 5.26 Å². The van der Waals surface area contributed by atoms with Crippen LogP contribution >= 0.6 is 0 Å². The van der Waals surface area contributed by atoms with E-state index in [1.165, 1.54) is 12.0 Å². The summed E-state index contributed by atoms with van der Waals surface area (Å²) in [6.07, 6.45) is 7.05. The first-order chi connectivity index (χ1) is 9.91. The van der Waals surface area contributed by atoms with E-state index in [0.717, 1.165) is 19.4 Å². The molecule has 1 saturated carbocycles. The van der Waals surface area contributed by atoms with Crippen molar-refractivity contribution in [1.82, 2.24) is 9.88 Å². The molecular formula is C18H27N3. The first-order valence-electron chi connectivity index (χ1n) is 7.90. The second-order valence-electron chi connectivity index (χ2n) is 7.46. The fraction of sp³-hybridized carbons (Fsp3) is 0.667. The average Bonchev–Trinajstić information content (AvgIpc) is 2.46. The van der Waals surface area contributed by atoms with Crippen molar-refractivity contribution in [3.63, 3.8) is 0 Å². The lowest BCUT2D eigenvalue weighted by Crippen LogP contribution is -2.44. The zero-order valence-corrected chi connectivity index (χ0v) is 13.7. The number of hydrogen-bond acceptors (Lipinski definition) is 3. The highest BCUT2D eigenvalue weighted by atomic mass is 15.1. The number of nitriles is 1. The van der Waals surface area contributed by atoms with Crippen molar-refractivity contribution in [2.24, 2.45) is 17.3 Å². The van der Waals surface area contributed by atoms with Gasteiger partial charge < -0.3 is 0 Å². The lowest BCUT2D eigenvalue weighted by Gasteiger charge is -2.43. The zero-order chi connectivity index (χ0) is 15.5. The number of hydrogen-bond donors (Lipinski definition) is 0. The molecule has 3 nitrogen and oxygen atoms in total. The van der Waals surface area contributed by atoms with E-state index >= 15 is 0 Å². The molecule has 3 unspecified atom stereocenters. The molecule has 1 heterocycles. The van der Waals surface area contributed by atoms with Crippen molar-refractivity contribution < 1.29 is 0 Å². The first-order valence-corrected chi connectivity index (χ1v) is 7.90. The van der Waals surface area contributed by atoms with Crippen molar-refractivity contribution >= 4 is 0 Å². The van der Waals surface area contributed by atoms with Gasteiger partial charge in [0, 0.05) is 25.0 Å². The van der Waals surface area contributed by atoms with E-state index in [1.54, 1.807) is 6.20 Å². The molecule has 2 rings (SSSR count). The van der Waals surface area contributed by atoms with Crippen molar-refractivity contribution in [3.05, 3.63) is 30.1 Å².